The number of benzene rings is 1. The standard InChI is InChI=1S/C23H26N6O4S/c1-3-24-21(32)16-5-4-10-28(11-16)23-27-20-19(34-23)22(33)29(13-25-20)12-18(31)26-17-8-6-15(7-9-17)14(2)30/h6-9,13,16H,3-5,10-12H2,1-2H3,(H,24,32)(H,26,31)/t16-/m0/s1. The normalized spacial score (nSPS) is 15.8. The summed E-state index contributed by atoms with van der Waals surface area (Å²) in [6.45, 7) is 5.07. The van der Waals surface area contributed by atoms with Crippen LogP contribution in [0.15, 0.2) is 35.4 Å². The van der Waals surface area contributed by atoms with Gasteiger partial charge in [-0.3, -0.25) is 23.7 Å². The Kier molecular flexibility index (Phi) is 7.01. The number of nitrogens with zero attached hydrogens (tertiary/aromatic N) is 4. The highest BCUT2D eigenvalue weighted by Gasteiger charge is 2.27. The number of hydrogen-bond acceptors (Lipinski definition) is 8. The zero-order valence-electron chi connectivity index (χ0n) is 19.0. The second-order valence-electron chi connectivity index (χ2n) is 8.19. The van der Waals surface area contributed by atoms with Crippen molar-refractivity contribution in [2.45, 2.75) is 33.2 Å². The Morgan fingerprint density at radius 2 is 1.97 bits per heavy atom. The fourth-order valence-electron chi connectivity index (χ4n) is 3.91. The molecule has 3 aromatic rings. The van der Waals surface area contributed by atoms with Crippen LogP contribution >= 0.6 is 11.3 Å². The number of nitrogens with one attached hydrogen (secondary N) is 2. The summed E-state index contributed by atoms with van der Waals surface area (Å²) in [4.78, 5) is 59.9. The lowest BCUT2D eigenvalue weighted by molar-refractivity contribution is -0.125. The molecule has 1 atom stereocenters. The van der Waals surface area contributed by atoms with Crippen LogP contribution < -0.4 is 21.1 Å². The van der Waals surface area contributed by atoms with Gasteiger partial charge in [-0.05, 0) is 51.0 Å². The van der Waals surface area contributed by atoms with E-state index in [0.29, 0.717) is 39.8 Å². The molecule has 0 saturated carbocycles. The van der Waals surface area contributed by atoms with E-state index in [1.54, 1.807) is 24.3 Å². The summed E-state index contributed by atoms with van der Waals surface area (Å²) in [5.74, 6) is -0.518. The maximum atomic E-state index is 13.0. The number of hydrogen-bond donors (Lipinski definition) is 2. The van der Waals surface area contributed by atoms with E-state index in [9.17, 15) is 19.2 Å². The van der Waals surface area contributed by atoms with Crippen LogP contribution in [0.25, 0.3) is 10.3 Å². The molecule has 0 spiro atoms. The van der Waals surface area contributed by atoms with Crippen molar-refractivity contribution in [3.05, 3.63) is 46.5 Å². The summed E-state index contributed by atoms with van der Waals surface area (Å²) in [6, 6.07) is 6.54. The number of rotatable bonds is 7. The summed E-state index contributed by atoms with van der Waals surface area (Å²) in [7, 11) is 0. The largest absolute Gasteiger partial charge is 0.356 e. The molecule has 10 nitrogen and oxygen atoms in total. The third-order valence-electron chi connectivity index (χ3n) is 5.68. The summed E-state index contributed by atoms with van der Waals surface area (Å²) in [6.07, 6.45) is 3.01. The van der Waals surface area contributed by atoms with Gasteiger partial charge >= 0.3 is 0 Å². The Hall–Kier alpha value is -3.60. The molecular weight excluding hydrogens is 456 g/mol. The van der Waals surface area contributed by atoms with Gasteiger partial charge in [0.15, 0.2) is 16.6 Å². The fraction of sp³-hybridized carbons (Fsp3) is 0.391. The van der Waals surface area contributed by atoms with Gasteiger partial charge in [-0.25, -0.2) is 4.98 Å². The third-order valence-corrected chi connectivity index (χ3v) is 6.77. The summed E-state index contributed by atoms with van der Waals surface area (Å²) in [5, 5.41) is 6.24. The molecule has 0 unspecified atom stereocenters. The predicted molar refractivity (Wildman–Crippen MR) is 130 cm³/mol. The van der Waals surface area contributed by atoms with Gasteiger partial charge < -0.3 is 15.5 Å². The molecule has 1 aliphatic heterocycles. The van der Waals surface area contributed by atoms with Gasteiger partial charge in [0, 0.05) is 30.9 Å². The number of carbonyl (C=O) groups excluding carboxylic acids is 3. The van der Waals surface area contributed by atoms with Crippen LogP contribution in [-0.4, -0.2) is 51.8 Å². The molecule has 1 fully saturated rings. The quantitative estimate of drug-likeness (QED) is 0.494. The maximum absolute atomic E-state index is 13.0. The lowest BCUT2D eigenvalue weighted by Gasteiger charge is -2.31. The lowest BCUT2D eigenvalue weighted by Crippen LogP contribution is -2.43. The van der Waals surface area contributed by atoms with Crippen LogP contribution in [-0.2, 0) is 16.1 Å². The number of aromatic nitrogens is 3. The van der Waals surface area contributed by atoms with Gasteiger partial charge in [-0.2, -0.15) is 4.98 Å². The van der Waals surface area contributed by atoms with Crippen molar-refractivity contribution < 1.29 is 14.4 Å². The number of anilines is 2. The molecule has 34 heavy (non-hydrogen) atoms. The predicted octanol–water partition coefficient (Wildman–Crippen LogP) is 2.05. The SMILES string of the molecule is CCNC(=O)[C@H]1CCCN(c2nc3ncn(CC(=O)Nc4ccc(C(C)=O)cc4)c(=O)c3s2)C1. The second-order valence-corrected chi connectivity index (χ2v) is 9.17. The minimum absolute atomic E-state index is 0.0377. The molecule has 1 aromatic carbocycles. The van der Waals surface area contributed by atoms with Crippen molar-refractivity contribution in [3.63, 3.8) is 0 Å². The van der Waals surface area contributed by atoms with Crippen LogP contribution in [0.4, 0.5) is 10.8 Å². The number of piperidine rings is 1. The van der Waals surface area contributed by atoms with Gasteiger partial charge in [0.05, 0.1) is 5.92 Å². The van der Waals surface area contributed by atoms with Crippen molar-refractivity contribution in [2.75, 3.05) is 29.9 Å². The van der Waals surface area contributed by atoms with E-state index in [1.165, 1.54) is 29.2 Å². The van der Waals surface area contributed by atoms with Gasteiger partial charge in [0.1, 0.15) is 17.6 Å². The van der Waals surface area contributed by atoms with Gasteiger partial charge in [0.2, 0.25) is 11.8 Å². The molecule has 0 aliphatic carbocycles. The van der Waals surface area contributed by atoms with Crippen molar-refractivity contribution in [1.29, 1.82) is 0 Å². The van der Waals surface area contributed by atoms with Crippen LogP contribution in [0, 0.1) is 5.92 Å². The first-order valence-corrected chi connectivity index (χ1v) is 12.0. The number of amides is 2. The van der Waals surface area contributed by atoms with Crippen molar-refractivity contribution in [1.82, 2.24) is 19.9 Å². The van der Waals surface area contributed by atoms with Crippen LogP contribution in [0.3, 0.4) is 0 Å². The Morgan fingerprint density at radius 1 is 1.21 bits per heavy atom. The van der Waals surface area contributed by atoms with E-state index < -0.39 is 0 Å². The second kappa shape index (κ2) is 10.1. The van der Waals surface area contributed by atoms with Crippen molar-refractivity contribution >= 4 is 50.1 Å². The molecule has 0 radical (unpaired) electrons. The van der Waals surface area contributed by atoms with Gasteiger partial charge in [-0.1, -0.05) is 11.3 Å². The molecular formula is C23H26N6O4S. The number of carbonyl (C=O) groups is 3. The summed E-state index contributed by atoms with van der Waals surface area (Å²) < 4.78 is 1.62. The molecule has 1 saturated heterocycles. The van der Waals surface area contributed by atoms with E-state index in [-0.39, 0.29) is 35.6 Å². The lowest BCUT2D eigenvalue weighted by atomic mass is 9.97. The van der Waals surface area contributed by atoms with Crippen molar-refractivity contribution in [3.8, 4) is 0 Å². The van der Waals surface area contributed by atoms with E-state index in [2.05, 4.69) is 20.6 Å². The number of Topliss-reactive ketones (excluding diaryl/α,β-unsaturated/α-hetero) is 1. The molecule has 2 aromatic heterocycles. The average Bonchev–Trinajstić information content (AvgIpc) is 3.27. The molecule has 2 amide bonds. The third kappa shape index (κ3) is 5.14. The molecule has 11 heteroatoms. The highest BCUT2D eigenvalue weighted by Crippen LogP contribution is 2.29. The topological polar surface area (TPSA) is 126 Å². The molecule has 3 heterocycles. The molecule has 2 N–H and O–H groups in total. The zero-order chi connectivity index (χ0) is 24.2. The Bertz CT molecular complexity index is 1280. The number of thiazole rings is 1. The van der Waals surface area contributed by atoms with E-state index in [1.807, 2.05) is 11.8 Å². The van der Waals surface area contributed by atoms with E-state index in [0.717, 1.165) is 19.4 Å². The molecule has 178 valence electrons. The molecule has 1 aliphatic rings. The minimum atomic E-state index is -0.385. The van der Waals surface area contributed by atoms with Crippen LogP contribution in [0.1, 0.15) is 37.0 Å². The first-order valence-electron chi connectivity index (χ1n) is 11.1. The smallest absolute Gasteiger partial charge is 0.273 e. The van der Waals surface area contributed by atoms with Crippen LogP contribution in [0.5, 0.6) is 0 Å². The first-order chi connectivity index (χ1) is 16.4. The Labute approximate surface area is 200 Å². The molecule has 0 bridgehead atoms. The van der Waals surface area contributed by atoms with Crippen LogP contribution in [0.2, 0.25) is 0 Å². The van der Waals surface area contributed by atoms with Crippen molar-refractivity contribution in [2.24, 2.45) is 5.92 Å². The Balaban J connectivity index is 1.47. The summed E-state index contributed by atoms with van der Waals surface area (Å²) in [5.41, 5.74) is 1.08. The zero-order valence-corrected chi connectivity index (χ0v) is 19.9. The van der Waals surface area contributed by atoms with Gasteiger partial charge in [-0.15, -0.1) is 0 Å². The average molecular weight is 483 g/mol. The van der Waals surface area contributed by atoms with E-state index in [4.69, 9.17) is 0 Å². The number of fused-ring (bicyclic) bond motifs is 1. The highest BCUT2D eigenvalue weighted by molar-refractivity contribution is 7.22. The first kappa shape index (κ1) is 23.6. The fourth-order valence-corrected chi connectivity index (χ4v) is 4.91. The Morgan fingerprint density at radius 3 is 2.68 bits per heavy atom. The highest BCUT2D eigenvalue weighted by atomic mass is 32.1. The minimum Gasteiger partial charge on any atom is -0.356 e. The molecule has 4 rings (SSSR count). The summed E-state index contributed by atoms with van der Waals surface area (Å²) >= 11 is 1.23. The maximum Gasteiger partial charge on any atom is 0.273 e. The number of ketones is 1. The van der Waals surface area contributed by atoms with E-state index >= 15 is 0 Å². The monoisotopic (exact) mass is 482 g/mol. The van der Waals surface area contributed by atoms with Gasteiger partial charge in [0.25, 0.3) is 5.56 Å².